The third-order valence-corrected chi connectivity index (χ3v) is 4.66. The average molecular weight is 381 g/mol. The molecule has 2 aromatic heterocycles. The van der Waals surface area contributed by atoms with Crippen LogP contribution in [0, 0.1) is 13.8 Å². The molecule has 148 valence electrons. The first-order valence-corrected chi connectivity index (χ1v) is 9.38. The molecular weight excluding hydrogens is 354 g/mol. The molecule has 0 aliphatic heterocycles. The number of carbonyl (C=O) groups is 1. The summed E-state index contributed by atoms with van der Waals surface area (Å²) < 4.78 is 7.00. The van der Waals surface area contributed by atoms with Crippen molar-refractivity contribution in [2.24, 2.45) is 7.05 Å². The Bertz CT molecular complexity index is 995. The fourth-order valence-electron chi connectivity index (χ4n) is 2.79. The third kappa shape index (κ3) is 4.30. The summed E-state index contributed by atoms with van der Waals surface area (Å²) in [5.74, 6) is 0.962. The van der Waals surface area contributed by atoms with E-state index in [0.717, 1.165) is 11.3 Å². The van der Waals surface area contributed by atoms with Gasteiger partial charge < -0.3 is 9.84 Å². The summed E-state index contributed by atoms with van der Waals surface area (Å²) in [6.07, 6.45) is 0.502. The number of hydrogen-bond acceptors (Lipinski definition) is 5. The van der Waals surface area contributed by atoms with Gasteiger partial charge in [0.25, 0.3) is 5.91 Å². The summed E-state index contributed by atoms with van der Waals surface area (Å²) in [5, 5.41) is 11.2. The summed E-state index contributed by atoms with van der Waals surface area (Å²) in [7, 11) is 1.84. The Balaban J connectivity index is 1.63. The summed E-state index contributed by atoms with van der Waals surface area (Å²) >= 11 is 0. The fraction of sp³-hybridized carbons (Fsp3) is 0.429. The van der Waals surface area contributed by atoms with E-state index in [1.54, 1.807) is 4.68 Å². The number of rotatable bonds is 5. The Kier molecular flexibility index (Phi) is 5.36. The van der Waals surface area contributed by atoms with Gasteiger partial charge in [-0.3, -0.25) is 9.48 Å². The predicted octanol–water partition coefficient (Wildman–Crippen LogP) is 3.36. The number of carbonyl (C=O) groups excluding carboxylic acids is 1. The lowest BCUT2D eigenvalue weighted by atomic mass is 9.97. The van der Waals surface area contributed by atoms with Crippen molar-refractivity contribution in [1.29, 1.82) is 0 Å². The zero-order valence-corrected chi connectivity index (χ0v) is 17.3. The normalized spacial score (nSPS) is 11.6. The molecule has 0 bridgehead atoms. The summed E-state index contributed by atoms with van der Waals surface area (Å²) in [4.78, 5) is 16.8. The maximum Gasteiger partial charge on any atom is 0.271 e. The molecule has 0 aliphatic carbocycles. The van der Waals surface area contributed by atoms with Crippen molar-refractivity contribution in [3.63, 3.8) is 0 Å². The van der Waals surface area contributed by atoms with Crippen molar-refractivity contribution < 1.29 is 9.32 Å². The van der Waals surface area contributed by atoms with Gasteiger partial charge >= 0.3 is 0 Å². The van der Waals surface area contributed by atoms with Crippen LogP contribution in [0.5, 0.6) is 0 Å². The number of aromatic nitrogens is 4. The minimum absolute atomic E-state index is 0.187. The zero-order chi connectivity index (χ0) is 20.5. The molecule has 1 amide bonds. The second-order valence-corrected chi connectivity index (χ2v) is 8.11. The molecule has 0 radical (unpaired) electrons. The molecule has 28 heavy (non-hydrogen) atoms. The Morgan fingerprint density at radius 1 is 1.18 bits per heavy atom. The predicted molar refractivity (Wildman–Crippen MR) is 107 cm³/mol. The van der Waals surface area contributed by atoms with Crippen molar-refractivity contribution in [2.75, 3.05) is 6.54 Å². The van der Waals surface area contributed by atoms with Gasteiger partial charge in [-0.05, 0) is 37.1 Å². The standard InChI is InChI=1S/C21H27N5O2/c1-13-7-8-15(11-14(13)2)17-12-16(24-26(17)6)19(27)22-10-9-18-23-20(28-25-18)21(3,4)5/h7-8,11-12H,9-10H2,1-6H3,(H,22,27). The Morgan fingerprint density at radius 3 is 2.57 bits per heavy atom. The summed E-state index contributed by atoms with van der Waals surface area (Å²) in [6.45, 7) is 10.6. The van der Waals surface area contributed by atoms with E-state index in [4.69, 9.17) is 4.52 Å². The molecule has 3 aromatic rings. The van der Waals surface area contributed by atoms with Crippen molar-refractivity contribution >= 4 is 5.91 Å². The molecule has 0 saturated carbocycles. The third-order valence-electron chi connectivity index (χ3n) is 4.66. The highest BCUT2D eigenvalue weighted by Gasteiger charge is 2.21. The SMILES string of the molecule is Cc1ccc(-c2cc(C(=O)NCCc3noc(C(C)(C)C)n3)nn2C)cc1C. The average Bonchev–Trinajstić information content (AvgIpc) is 3.24. The fourth-order valence-corrected chi connectivity index (χ4v) is 2.79. The van der Waals surface area contributed by atoms with Crippen LogP contribution in [-0.2, 0) is 18.9 Å². The molecule has 1 aromatic carbocycles. The number of nitrogens with zero attached hydrogens (tertiary/aromatic N) is 4. The van der Waals surface area contributed by atoms with E-state index in [1.807, 2.05) is 40.0 Å². The summed E-state index contributed by atoms with van der Waals surface area (Å²) in [6, 6.07) is 8.04. The molecule has 7 heteroatoms. The molecule has 3 rings (SSSR count). The highest BCUT2D eigenvalue weighted by molar-refractivity contribution is 5.93. The molecular formula is C21H27N5O2. The van der Waals surface area contributed by atoms with Crippen LogP contribution in [0.1, 0.15) is 54.1 Å². The van der Waals surface area contributed by atoms with Crippen LogP contribution in [0.3, 0.4) is 0 Å². The Morgan fingerprint density at radius 2 is 1.93 bits per heavy atom. The van der Waals surface area contributed by atoms with Crippen molar-refractivity contribution in [2.45, 2.75) is 46.5 Å². The van der Waals surface area contributed by atoms with Crippen LogP contribution < -0.4 is 5.32 Å². The van der Waals surface area contributed by atoms with Gasteiger partial charge in [0.15, 0.2) is 11.5 Å². The van der Waals surface area contributed by atoms with E-state index in [1.165, 1.54) is 11.1 Å². The topological polar surface area (TPSA) is 85.8 Å². The molecule has 0 spiro atoms. The van der Waals surface area contributed by atoms with Crippen molar-refractivity contribution in [1.82, 2.24) is 25.2 Å². The monoisotopic (exact) mass is 381 g/mol. The van der Waals surface area contributed by atoms with Gasteiger partial charge in [0.1, 0.15) is 0 Å². The molecule has 0 unspecified atom stereocenters. The number of aryl methyl sites for hydroxylation is 3. The Labute approximate surface area is 165 Å². The van der Waals surface area contributed by atoms with Crippen molar-refractivity contribution in [3.05, 3.63) is 52.8 Å². The van der Waals surface area contributed by atoms with Crippen LogP contribution in [0.2, 0.25) is 0 Å². The van der Waals surface area contributed by atoms with E-state index in [0.29, 0.717) is 30.4 Å². The van der Waals surface area contributed by atoms with E-state index < -0.39 is 0 Å². The zero-order valence-electron chi connectivity index (χ0n) is 17.3. The first-order chi connectivity index (χ1) is 13.1. The minimum atomic E-state index is -0.217. The van der Waals surface area contributed by atoms with Crippen LogP contribution in [0.15, 0.2) is 28.8 Å². The van der Waals surface area contributed by atoms with Crippen LogP contribution in [0.4, 0.5) is 0 Å². The van der Waals surface area contributed by atoms with Crippen LogP contribution in [0.25, 0.3) is 11.3 Å². The maximum atomic E-state index is 12.5. The van der Waals surface area contributed by atoms with Crippen molar-refractivity contribution in [3.8, 4) is 11.3 Å². The lowest BCUT2D eigenvalue weighted by Crippen LogP contribution is -2.26. The first-order valence-electron chi connectivity index (χ1n) is 9.38. The first kappa shape index (κ1) is 19.8. The largest absolute Gasteiger partial charge is 0.350 e. The second kappa shape index (κ2) is 7.58. The number of amides is 1. The molecule has 0 atom stereocenters. The van der Waals surface area contributed by atoms with Crippen LogP contribution >= 0.6 is 0 Å². The lowest BCUT2D eigenvalue weighted by molar-refractivity contribution is 0.0948. The van der Waals surface area contributed by atoms with Crippen LogP contribution in [-0.4, -0.2) is 32.4 Å². The van der Waals surface area contributed by atoms with Gasteiger partial charge in [0.05, 0.1) is 5.69 Å². The molecule has 0 fully saturated rings. The molecule has 0 saturated heterocycles. The smallest absolute Gasteiger partial charge is 0.271 e. The molecule has 2 heterocycles. The highest BCUT2D eigenvalue weighted by atomic mass is 16.5. The van der Waals surface area contributed by atoms with E-state index in [9.17, 15) is 4.79 Å². The van der Waals surface area contributed by atoms with E-state index in [2.05, 4.69) is 46.5 Å². The van der Waals surface area contributed by atoms with Gasteiger partial charge in [0, 0.05) is 31.0 Å². The van der Waals surface area contributed by atoms with Gasteiger partial charge in [0.2, 0.25) is 5.89 Å². The molecule has 0 aliphatic rings. The highest BCUT2D eigenvalue weighted by Crippen LogP contribution is 2.23. The Hall–Kier alpha value is -2.96. The number of benzene rings is 1. The van der Waals surface area contributed by atoms with Gasteiger partial charge in [-0.25, -0.2) is 0 Å². The van der Waals surface area contributed by atoms with Gasteiger partial charge in [-0.2, -0.15) is 10.1 Å². The lowest BCUT2D eigenvalue weighted by Gasteiger charge is -2.10. The number of nitrogens with one attached hydrogen (secondary N) is 1. The minimum Gasteiger partial charge on any atom is -0.350 e. The maximum absolute atomic E-state index is 12.5. The van der Waals surface area contributed by atoms with E-state index in [-0.39, 0.29) is 11.3 Å². The van der Waals surface area contributed by atoms with E-state index >= 15 is 0 Å². The number of hydrogen-bond donors (Lipinski definition) is 1. The van der Waals surface area contributed by atoms with Gasteiger partial charge in [-0.15, -0.1) is 0 Å². The molecule has 7 nitrogen and oxygen atoms in total. The second-order valence-electron chi connectivity index (χ2n) is 8.11. The quantitative estimate of drug-likeness (QED) is 0.732. The molecule has 1 N–H and O–H groups in total. The van der Waals surface area contributed by atoms with Gasteiger partial charge in [-0.1, -0.05) is 38.1 Å². The summed E-state index contributed by atoms with van der Waals surface area (Å²) in [5.41, 5.74) is 4.59.